The SMILES string of the molecule is COc1cc(Br)c(Cl)c2c1CC(=O)C(C)(C)N2. The molecule has 5 heteroatoms. The van der Waals surface area contributed by atoms with E-state index in [1.54, 1.807) is 13.2 Å². The topological polar surface area (TPSA) is 38.3 Å². The molecule has 1 aromatic carbocycles. The number of nitrogens with one attached hydrogen (secondary N) is 1. The lowest BCUT2D eigenvalue weighted by molar-refractivity contribution is -0.122. The summed E-state index contributed by atoms with van der Waals surface area (Å²) in [7, 11) is 1.58. The van der Waals surface area contributed by atoms with Crippen LogP contribution >= 0.6 is 27.5 Å². The lowest BCUT2D eigenvalue weighted by Gasteiger charge is -2.33. The van der Waals surface area contributed by atoms with Gasteiger partial charge in [0.25, 0.3) is 0 Å². The Bertz CT molecular complexity index is 500. The van der Waals surface area contributed by atoms with E-state index in [1.165, 1.54) is 0 Å². The molecule has 0 radical (unpaired) electrons. The normalized spacial score (nSPS) is 17.4. The molecule has 1 aliphatic heterocycles. The molecule has 0 spiro atoms. The Morgan fingerprint density at radius 1 is 1.53 bits per heavy atom. The van der Waals surface area contributed by atoms with Crippen molar-refractivity contribution in [1.82, 2.24) is 0 Å². The number of hydrogen-bond acceptors (Lipinski definition) is 3. The van der Waals surface area contributed by atoms with E-state index in [1.807, 2.05) is 13.8 Å². The fraction of sp³-hybridized carbons (Fsp3) is 0.417. The van der Waals surface area contributed by atoms with E-state index in [9.17, 15) is 4.79 Å². The van der Waals surface area contributed by atoms with Crippen molar-refractivity contribution in [3.63, 3.8) is 0 Å². The van der Waals surface area contributed by atoms with Crippen LogP contribution in [-0.2, 0) is 11.2 Å². The Kier molecular flexibility index (Phi) is 3.12. The number of benzene rings is 1. The van der Waals surface area contributed by atoms with Gasteiger partial charge in [-0.1, -0.05) is 11.6 Å². The highest BCUT2D eigenvalue weighted by Crippen LogP contribution is 2.43. The number of carbonyl (C=O) groups excluding carboxylic acids is 1. The van der Waals surface area contributed by atoms with Gasteiger partial charge in [-0.05, 0) is 35.8 Å². The first kappa shape index (κ1) is 12.7. The zero-order valence-electron chi connectivity index (χ0n) is 9.86. The summed E-state index contributed by atoms with van der Waals surface area (Å²) in [6, 6.07) is 1.79. The van der Waals surface area contributed by atoms with Crippen molar-refractivity contribution >= 4 is 39.0 Å². The first-order chi connectivity index (χ1) is 7.86. The largest absolute Gasteiger partial charge is 0.496 e. The minimum absolute atomic E-state index is 0.127. The first-order valence-electron chi connectivity index (χ1n) is 5.23. The number of ketones is 1. The molecule has 0 saturated heterocycles. The van der Waals surface area contributed by atoms with Crippen molar-refractivity contribution in [3.05, 3.63) is 21.1 Å². The number of carbonyl (C=O) groups is 1. The van der Waals surface area contributed by atoms with E-state index in [4.69, 9.17) is 16.3 Å². The zero-order valence-corrected chi connectivity index (χ0v) is 12.2. The number of methoxy groups -OCH3 is 1. The van der Waals surface area contributed by atoms with Gasteiger partial charge in [-0.15, -0.1) is 0 Å². The highest BCUT2D eigenvalue weighted by molar-refractivity contribution is 9.10. The summed E-state index contributed by atoms with van der Waals surface area (Å²) in [6.45, 7) is 3.70. The summed E-state index contributed by atoms with van der Waals surface area (Å²) < 4.78 is 6.04. The van der Waals surface area contributed by atoms with Gasteiger partial charge in [-0.25, -0.2) is 0 Å². The van der Waals surface area contributed by atoms with Gasteiger partial charge in [0.2, 0.25) is 0 Å². The zero-order chi connectivity index (χ0) is 12.8. The van der Waals surface area contributed by atoms with Crippen molar-refractivity contribution in [2.24, 2.45) is 0 Å². The number of halogens is 2. The number of ether oxygens (including phenoxy) is 1. The number of Topliss-reactive ketones (excluding diaryl/α,β-unsaturated/α-hetero) is 1. The van der Waals surface area contributed by atoms with Gasteiger partial charge < -0.3 is 10.1 Å². The van der Waals surface area contributed by atoms with Crippen LogP contribution in [0.2, 0.25) is 5.02 Å². The predicted octanol–water partition coefficient (Wildman–Crippen LogP) is 3.43. The molecular formula is C12H13BrClNO2. The van der Waals surface area contributed by atoms with Crippen LogP contribution < -0.4 is 10.1 Å². The minimum atomic E-state index is -0.595. The fourth-order valence-corrected chi connectivity index (χ4v) is 2.51. The number of anilines is 1. The molecule has 0 saturated carbocycles. The Hall–Kier alpha value is -0.740. The maximum Gasteiger partial charge on any atom is 0.162 e. The second-order valence-electron chi connectivity index (χ2n) is 4.58. The molecule has 1 aliphatic rings. The van der Waals surface area contributed by atoms with Gasteiger partial charge in [0, 0.05) is 16.5 Å². The molecule has 0 fully saturated rings. The molecule has 1 N–H and O–H groups in total. The van der Waals surface area contributed by atoms with Gasteiger partial charge in [0.05, 0.1) is 23.4 Å². The third-order valence-electron chi connectivity index (χ3n) is 2.98. The van der Waals surface area contributed by atoms with E-state index >= 15 is 0 Å². The Morgan fingerprint density at radius 3 is 2.76 bits per heavy atom. The molecule has 1 aromatic rings. The van der Waals surface area contributed by atoms with Crippen LogP contribution in [0.3, 0.4) is 0 Å². The Labute approximate surface area is 114 Å². The van der Waals surface area contributed by atoms with Gasteiger partial charge in [-0.3, -0.25) is 4.79 Å². The van der Waals surface area contributed by atoms with Crippen LogP contribution in [0.5, 0.6) is 5.75 Å². The number of hydrogen-bond donors (Lipinski definition) is 1. The molecule has 3 nitrogen and oxygen atoms in total. The highest BCUT2D eigenvalue weighted by atomic mass is 79.9. The smallest absolute Gasteiger partial charge is 0.162 e. The summed E-state index contributed by atoms with van der Waals surface area (Å²) in [4.78, 5) is 12.0. The molecule has 2 rings (SSSR count). The van der Waals surface area contributed by atoms with Crippen molar-refractivity contribution in [2.75, 3.05) is 12.4 Å². The van der Waals surface area contributed by atoms with Gasteiger partial charge in [0.1, 0.15) is 5.75 Å². The van der Waals surface area contributed by atoms with Crippen molar-refractivity contribution in [2.45, 2.75) is 25.8 Å². The van der Waals surface area contributed by atoms with E-state index in [0.29, 0.717) is 17.2 Å². The number of fused-ring (bicyclic) bond motifs is 1. The maximum atomic E-state index is 12.0. The second kappa shape index (κ2) is 4.18. The molecular weight excluding hydrogens is 305 g/mol. The Morgan fingerprint density at radius 2 is 2.18 bits per heavy atom. The molecule has 0 aliphatic carbocycles. The molecule has 1 heterocycles. The van der Waals surface area contributed by atoms with Crippen LogP contribution in [-0.4, -0.2) is 18.4 Å². The summed E-state index contributed by atoms with van der Waals surface area (Å²) in [5.74, 6) is 0.800. The van der Waals surface area contributed by atoms with Crippen molar-refractivity contribution < 1.29 is 9.53 Å². The van der Waals surface area contributed by atoms with Crippen LogP contribution in [0.1, 0.15) is 19.4 Å². The quantitative estimate of drug-likeness (QED) is 0.862. The second-order valence-corrected chi connectivity index (χ2v) is 5.81. The lowest BCUT2D eigenvalue weighted by Crippen LogP contribution is -2.44. The molecule has 17 heavy (non-hydrogen) atoms. The van der Waals surface area contributed by atoms with Crippen LogP contribution in [0, 0.1) is 0 Å². The average molecular weight is 319 g/mol. The van der Waals surface area contributed by atoms with Crippen LogP contribution in [0.4, 0.5) is 5.69 Å². The van der Waals surface area contributed by atoms with Gasteiger partial charge in [-0.2, -0.15) is 0 Å². The van der Waals surface area contributed by atoms with E-state index in [2.05, 4.69) is 21.2 Å². The number of rotatable bonds is 1. The monoisotopic (exact) mass is 317 g/mol. The van der Waals surface area contributed by atoms with Crippen LogP contribution in [0.25, 0.3) is 0 Å². The fourth-order valence-electron chi connectivity index (χ4n) is 1.89. The predicted molar refractivity (Wildman–Crippen MR) is 72.1 cm³/mol. The molecule has 0 aromatic heterocycles. The lowest BCUT2D eigenvalue weighted by atomic mass is 9.87. The molecule has 0 unspecified atom stereocenters. The average Bonchev–Trinajstić information content (AvgIpc) is 2.26. The minimum Gasteiger partial charge on any atom is -0.496 e. The van der Waals surface area contributed by atoms with E-state index in [0.717, 1.165) is 15.7 Å². The summed E-state index contributed by atoms with van der Waals surface area (Å²) in [5, 5.41) is 3.76. The first-order valence-corrected chi connectivity index (χ1v) is 6.40. The third-order valence-corrected chi connectivity index (χ3v) is 4.22. The summed E-state index contributed by atoms with van der Waals surface area (Å²) >= 11 is 9.62. The highest BCUT2D eigenvalue weighted by Gasteiger charge is 2.35. The third kappa shape index (κ3) is 2.04. The van der Waals surface area contributed by atoms with E-state index < -0.39 is 5.54 Å². The summed E-state index contributed by atoms with van der Waals surface area (Å²) in [6.07, 6.45) is 0.339. The molecule has 0 atom stereocenters. The summed E-state index contributed by atoms with van der Waals surface area (Å²) in [5.41, 5.74) is 1.01. The van der Waals surface area contributed by atoms with Crippen LogP contribution in [0.15, 0.2) is 10.5 Å². The maximum absolute atomic E-state index is 12.0. The van der Waals surface area contributed by atoms with E-state index in [-0.39, 0.29) is 5.78 Å². The van der Waals surface area contributed by atoms with Crippen molar-refractivity contribution in [1.29, 1.82) is 0 Å². The molecule has 0 bridgehead atoms. The van der Waals surface area contributed by atoms with Gasteiger partial charge >= 0.3 is 0 Å². The Balaban J connectivity index is 2.64. The van der Waals surface area contributed by atoms with Crippen molar-refractivity contribution in [3.8, 4) is 5.75 Å². The van der Waals surface area contributed by atoms with Gasteiger partial charge in [0.15, 0.2) is 5.78 Å². The molecule has 0 amide bonds. The molecule has 92 valence electrons. The standard InChI is InChI=1S/C12H13BrClNO2/c1-12(2)9(16)4-6-8(17-3)5-7(13)10(14)11(6)15-12/h5,15H,4H2,1-3H3.